The first-order valence-electron chi connectivity index (χ1n) is 4.07. The second kappa shape index (κ2) is 4.50. The number of thiazole rings is 1. The number of hydrogen-bond acceptors (Lipinski definition) is 4. The van der Waals surface area contributed by atoms with E-state index in [2.05, 4.69) is 31.2 Å². The van der Waals surface area contributed by atoms with Crippen molar-refractivity contribution < 1.29 is 4.79 Å². The Morgan fingerprint density at radius 2 is 2.33 bits per heavy atom. The zero-order valence-corrected chi connectivity index (χ0v) is 9.88. The topological polar surface area (TPSA) is 54.9 Å². The highest BCUT2D eigenvalue weighted by Crippen LogP contribution is 2.13. The van der Waals surface area contributed by atoms with Gasteiger partial charge in [0, 0.05) is 16.0 Å². The van der Waals surface area contributed by atoms with Crippen molar-refractivity contribution in [3.63, 3.8) is 0 Å². The Hall–Kier alpha value is -1.27. The number of amides is 1. The molecule has 1 N–H and O–H groups in total. The summed E-state index contributed by atoms with van der Waals surface area (Å²) in [5, 5.41) is 4.34. The molecule has 2 rings (SSSR count). The van der Waals surface area contributed by atoms with E-state index in [1.54, 1.807) is 29.2 Å². The Morgan fingerprint density at radius 3 is 3.00 bits per heavy atom. The lowest BCUT2D eigenvalue weighted by atomic mass is 10.4. The van der Waals surface area contributed by atoms with Crippen molar-refractivity contribution in [1.82, 2.24) is 9.97 Å². The quantitative estimate of drug-likeness (QED) is 0.922. The summed E-state index contributed by atoms with van der Waals surface area (Å²) in [6.45, 7) is 0. The largest absolute Gasteiger partial charge is 0.305 e. The third kappa shape index (κ3) is 2.60. The van der Waals surface area contributed by atoms with Gasteiger partial charge in [0.2, 0.25) is 0 Å². The second-order valence-electron chi connectivity index (χ2n) is 2.69. The van der Waals surface area contributed by atoms with E-state index in [0.717, 1.165) is 4.47 Å². The summed E-state index contributed by atoms with van der Waals surface area (Å²) in [5.74, 6) is 0.254. The minimum Gasteiger partial charge on any atom is -0.305 e. The Balaban J connectivity index is 2.13. The van der Waals surface area contributed by atoms with Crippen molar-refractivity contribution in [3.05, 3.63) is 39.4 Å². The summed E-state index contributed by atoms with van der Waals surface area (Å²) in [6.07, 6.45) is 1.61. The summed E-state index contributed by atoms with van der Waals surface area (Å²) >= 11 is 4.68. The lowest BCUT2D eigenvalue weighted by molar-refractivity contribution is 0.102. The van der Waals surface area contributed by atoms with Crippen LogP contribution in [-0.4, -0.2) is 15.9 Å². The molecule has 4 nitrogen and oxygen atoms in total. The Kier molecular flexibility index (Phi) is 3.08. The van der Waals surface area contributed by atoms with Crippen molar-refractivity contribution >= 4 is 39.0 Å². The van der Waals surface area contributed by atoms with Crippen LogP contribution in [-0.2, 0) is 0 Å². The zero-order valence-electron chi connectivity index (χ0n) is 7.48. The molecule has 2 aromatic rings. The van der Waals surface area contributed by atoms with E-state index < -0.39 is 0 Å². The van der Waals surface area contributed by atoms with E-state index in [1.807, 2.05) is 0 Å². The first-order valence-corrected chi connectivity index (χ1v) is 5.80. The number of rotatable bonds is 2. The van der Waals surface area contributed by atoms with Crippen molar-refractivity contribution in [2.45, 2.75) is 0 Å². The van der Waals surface area contributed by atoms with Crippen molar-refractivity contribution in [2.24, 2.45) is 0 Å². The molecule has 0 fully saturated rings. The normalized spacial score (nSPS) is 9.93. The monoisotopic (exact) mass is 283 g/mol. The molecular formula is C9H6BrN3OS. The molecule has 0 unspecified atom stereocenters. The number of carbonyl (C=O) groups excluding carboxylic acids is 1. The number of hydrogen-bond donors (Lipinski definition) is 1. The van der Waals surface area contributed by atoms with E-state index in [9.17, 15) is 4.79 Å². The Morgan fingerprint density at radius 1 is 1.47 bits per heavy atom. The van der Waals surface area contributed by atoms with Gasteiger partial charge in [0.15, 0.2) is 0 Å². The van der Waals surface area contributed by atoms with E-state index in [1.165, 1.54) is 11.3 Å². The van der Waals surface area contributed by atoms with Crippen LogP contribution in [0.25, 0.3) is 0 Å². The third-order valence-electron chi connectivity index (χ3n) is 1.63. The molecule has 0 saturated carbocycles. The van der Waals surface area contributed by atoms with Crippen molar-refractivity contribution in [1.29, 1.82) is 0 Å². The lowest BCUT2D eigenvalue weighted by Crippen LogP contribution is -2.12. The minimum atomic E-state index is -0.248. The van der Waals surface area contributed by atoms with Gasteiger partial charge in [0.05, 0.1) is 5.51 Å². The first kappa shape index (κ1) is 10.3. The average Bonchev–Trinajstić information content (AvgIpc) is 2.70. The molecule has 0 radical (unpaired) electrons. The van der Waals surface area contributed by atoms with Gasteiger partial charge in [0.1, 0.15) is 11.5 Å². The number of nitrogens with one attached hydrogen (secondary N) is 1. The molecule has 0 atom stereocenters. The summed E-state index contributed by atoms with van der Waals surface area (Å²) < 4.78 is 0.867. The predicted octanol–water partition coefficient (Wildman–Crippen LogP) is 2.55. The maximum absolute atomic E-state index is 11.6. The average molecular weight is 284 g/mol. The molecule has 0 saturated heterocycles. The summed E-state index contributed by atoms with van der Waals surface area (Å²) in [5.41, 5.74) is 2.02. The van der Waals surface area contributed by atoms with Gasteiger partial charge in [-0.05, 0) is 12.1 Å². The summed E-state index contributed by atoms with van der Waals surface area (Å²) in [6, 6.07) is 3.52. The molecule has 0 aromatic carbocycles. The van der Waals surface area contributed by atoms with Crippen LogP contribution in [0.15, 0.2) is 33.7 Å². The summed E-state index contributed by atoms with van der Waals surface area (Å²) in [7, 11) is 0. The number of anilines is 1. The van der Waals surface area contributed by atoms with Gasteiger partial charge in [0.25, 0.3) is 5.91 Å². The highest BCUT2D eigenvalue weighted by molar-refractivity contribution is 9.10. The van der Waals surface area contributed by atoms with Gasteiger partial charge in [-0.15, -0.1) is 11.3 Å². The lowest BCUT2D eigenvalue weighted by Gasteiger charge is -2.01. The van der Waals surface area contributed by atoms with Gasteiger partial charge in [-0.25, -0.2) is 9.97 Å². The number of halogens is 1. The standard InChI is InChI=1S/C9H6BrN3OS/c10-6-1-2-11-8(3-6)13-9(14)7-4-15-5-12-7/h1-5H,(H,11,13,14). The second-order valence-corrected chi connectivity index (χ2v) is 4.32. The Labute approximate surface area is 98.5 Å². The number of nitrogens with zero attached hydrogens (tertiary/aromatic N) is 2. The van der Waals surface area contributed by atoms with Gasteiger partial charge >= 0.3 is 0 Å². The maximum atomic E-state index is 11.6. The van der Waals surface area contributed by atoms with E-state index in [-0.39, 0.29) is 5.91 Å². The number of carbonyl (C=O) groups is 1. The molecule has 1 amide bonds. The molecule has 2 aromatic heterocycles. The van der Waals surface area contributed by atoms with Gasteiger partial charge in [-0.2, -0.15) is 0 Å². The highest BCUT2D eigenvalue weighted by atomic mass is 79.9. The SMILES string of the molecule is O=C(Nc1cc(Br)ccn1)c1cscn1. The highest BCUT2D eigenvalue weighted by Gasteiger charge is 2.08. The fraction of sp³-hybridized carbons (Fsp3) is 0. The molecule has 76 valence electrons. The molecule has 0 aliphatic rings. The third-order valence-corrected chi connectivity index (χ3v) is 2.71. The molecule has 6 heteroatoms. The van der Waals surface area contributed by atoms with Crippen LogP contribution in [0.2, 0.25) is 0 Å². The molecule has 0 spiro atoms. The number of pyridine rings is 1. The van der Waals surface area contributed by atoms with Crippen LogP contribution >= 0.6 is 27.3 Å². The molecule has 0 aliphatic carbocycles. The van der Waals surface area contributed by atoms with Gasteiger partial charge in [-0.1, -0.05) is 15.9 Å². The predicted molar refractivity (Wildman–Crippen MR) is 62.0 cm³/mol. The summed E-state index contributed by atoms with van der Waals surface area (Å²) in [4.78, 5) is 19.5. The van der Waals surface area contributed by atoms with Crippen LogP contribution < -0.4 is 5.32 Å². The van der Waals surface area contributed by atoms with E-state index >= 15 is 0 Å². The minimum absolute atomic E-state index is 0.248. The number of aromatic nitrogens is 2. The molecular weight excluding hydrogens is 278 g/mol. The van der Waals surface area contributed by atoms with Gasteiger partial charge < -0.3 is 5.32 Å². The van der Waals surface area contributed by atoms with Crippen LogP contribution in [0.4, 0.5) is 5.82 Å². The van der Waals surface area contributed by atoms with E-state index in [4.69, 9.17) is 0 Å². The fourth-order valence-electron chi connectivity index (χ4n) is 0.978. The van der Waals surface area contributed by atoms with E-state index in [0.29, 0.717) is 11.5 Å². The van der Waals surface area contributed by atoms with Crippen LogP contribution in [0, 0.1) is 0 Å². The zero-order chi connectivity index (χ0) is 10.7. The first-order chi connectivity index (χ1) is 7.25. The van der Waals surface area contributed by atoms with Crippen LogP contribution in [0.5, 0.6) is 0 Å². The molecule has 2 heterocycles. The van der Waals surface area contributed by atoms with Crippen molar-refractivity contribution in [2.75, 3.05) is 5.32 Å². The smallest absolute Gasteiger partial charge is 0.276 e. The van der Waals surface area contributed by atoms with Crippen LogP contribution in [0.1, 0.15) is 10.5 Å². The van der Waals surface area contributed by atoms with Crippen molar-refractivity contribution in [3.8, 4) is 0 Å². The van der Waals surface area contributed by atoms with Gasteiger partial charge in [-0.3, -0.25) is 4.79 Å². The Bertz CT molecular complexity index is 472. The molecule has 0 bridgehead atoms. The molecule has 15 heavy (non-hydrogen) atoms. The fourth-order valence-corrected chi connectivity index (χ4v) is 1.85. The molecule has 0 aliphatic heterocycles. The maximum Gasteiger partial charge on any atom is 0.276 e. The van der Waals surface area contributed by atoms with Crippen LogP contribution in [0.3, 0.4) is 0 Å².